The zero-order valence-electron chi connectivity index (χ0n) is 12.1. The number of aromatic nitrogens is 1. The van der Waals surface area contributed by atoms with Crippen molar-refractivity contribution in [2.75, 3.05) is 16.8 Å². The molecule has 0 radical (unpaired) electrons. The number of nitrogens with zero attached hydrogens (tertiary/aromatic N) is 2. The van der Waals surface area contributed by atoms with Gasteiger partial charge in [-0.2, -0.15) is 0 Å². The molecule has 2 heterocycles. The van der Waals surface area contributed by atoms with Crippen LogP contribution in [0.15, 0.2) is 42.6 Å². The van der Waals surface area contributed by atoms with Crippen molar-refractivity contribution in [3.05, 3.63) is 48.2 Å². The van der Waals surface area contributed by atoms with E-state index in [1.807, 2.05) is 12.1 Å². The normalized spacial score (nSPS) is 15.6. The molecule has 1 aromatic carbocycles. The van der Waals surface area contributed by atoms with Crippen LogP contribution < -0.4 is 16.0 Å². The van der Waals surface area contributed by atoms with E-state index >= 15 is 0 Å². The lowest BCUT2D eigenvalue weighted by atomic mass is 9.87. The lowest BCUT2D eigenvalue weighted by Crippen LogP contribution is -2.27. The van der Waals surface area contributed by atoms with Crippen LogP contribution in [0.3, 0.4) is 0 Å². The van der Waals surface area contributed by atoms with Crippen molar-refractivity contribution in [1.29, 1.82) is 0 Å². The average Bonchev–Trinajstić information content (AvgIpc) is 2.71. The minimum absolute atomic E-state index is 0.0259. The van der Waals surface area contributed by atoms with Gasteiger partial charge in [0.2, 0.25) is 0 Å². The van der Waals surface area contributed by atoms with Crippen LogP contribution in [0.1, 0.15) is 19.4 Å². The number of fused-ring (bicyclic) bond motifs is 1. The Balaban J connectivity index is 2.09. The third kappa shape index (κ3) is 2.31. The summed E-state index contributed by atoms with van der Waals surface area (Å²) in [4.78, 5) is 17.7. The zero-order chi connectivity index (χ0) is 15.0. The van der Waals surface area contributed by atoms with Gasteiger partial charge >= 0.3 is 6.03 Å². The molecule has 0 bridgehead atoms. The number of nitrogens with one attached hydrogen (secondary N) is 1. The van der Waals surface area contributed by atoms with Crippen molar-refractivity contribution in [3.8, 4) is 0 Å². The summed E-state index contributed by atoms with van der Waals surface area (Å²) in [5, 5.41) is 2.64. The minimum atomic E-state index is -0.587. The number of rotatable bonds is 2. The first-order valence-corrected chi connectivity index (χ1v) is 6.87. The molecule has 21 heavy (non-hydrogen) atoms. The number of hydrogen-bond acceptors (Lipinski definition) is 3. The highest BCUT2D eigenvalue weighted by Gasteiger charge is 2.36. The van der Waals surface area contributed by atoms with E-state index in [2.05, 4.69) is 41.2 Å². The molecule has 5 nitrogen and oxygen atoms in total. The quantitative estimate of drug-likeness (QED) is 0.889. The van der Waals surface area contributed by atoms with Crippen LogP contribution >= 0.6 is 0 Å². The molecular formula is C16H18N4O. The summed E-state index contributed by atoms with van der Waals surface area (Å²) in [6, 6.07) is 11.3. The summed E-state index contributed by atoms with van der Waals surface area (Å²) in [5.74, 6) is 0.717. The lowest BCUT2D eigenvalue weighted by Gasteiger charge is -2.23. The number of amides is 2. The Morgan fingerprint density at radius 1 is 1.29 bits per heavy atom. The van der Waals surface area contributed by atoms with Crippen molar-refractivity contribution >= 4 is 23.2 Å². The molecular weight excluding hydrogens is 264 g/mol. The highest BCUT2D eigenvalue weighted by molar-refractivity contribution is 5.92. The largest absolute Gasteiger partial charge is 0.351 e. The molecule has 0 atom stereocenters. The summed E-state index contributed by atoms with van der Waals surface area (Å²) < 4.78 is 0. The van der Waals surface area contributed by atoms with Gasteiger partial charge in [-0.3, -0.25) is 0 Å². The maximum absolute atomic E-state index is 11.2. The molecule has 1 aliphatic rings. The van der Waals surface area contributed by atoms with E-state index < -0.39 is 6.03 Å². The minimum Gasteiger partial charge on any atom is -0.351 e. The summed E-state index contributed by atoms with van der Waals surface area (Å²) in [6.45, 7) is 5.21. The fourth-order valence-corrected chi connectivity index (χ4v) is 2.88. The maximum Gasteiger partial charge on any atom is 0.316 e. The highest BCUT2D eigenvalue weighted by Crippen LogP contribution is 2.44. The smallest absolute Gasteiger partial charge is 0.316 e. The van der Waals surface area contributed by atoms with Gasteiger partial charge in [0.15, 0.2) is 5.82 Å². The molecule has 0 spiro atoms. The molecule has 0 unspecified atom stereocenters. The topological polar surface area (TPSA) is 71.2 Å². The number of urea groups is 1. The Morgan fingerprint density at radius 3 is 2.81 bits per heavy atom. The second-order valence-electron chi connectivity index (χ2n) is 5.85. The monoisotopic (exact) mass is 282 g/mol. The average molecular weight is 282 g/mol. The third-order valence-corrected chi connectivity index (χ3v) is 3.78. The van der Waals surface area contributed by atoms with Crippen molar-refractivity contribution in [2.24, 2.45) is 5.73 Å². The Labute approximate surface area is 123 Å². The van der Waals surface area contributed by atoms with Crippen LogP contribution in [0.5, 0.6) is 0 Å². The van der Waals surface area contributed by atoms with Crippen LogP contribution in [-0.2, 0) is 5.41 Å². The third-order valence-electron chi connectivity index (χ3n) is 3.78. The van der Waals surface area contributed by atoms with Crippen LogP contribution in [0.2, 0.25) is 0 Å². The lowest BCUT2D eigenvalue weighted by molar-refractivity contribution is 0.259. The van der Waals surface area contributed by atoms with Crippen LogP contribution in [0, 0.1) is 0 Å². The van der Waals surface area contributed by atoms with Gasteiger partial charge in [-0.1, -0.05) is 32.0 Å². The van der Waals surface area contributed by atoms with E-state index in [1.54, 1.807) is 18.3 Å². The maximum atomic E-state index is 11.2. The summed E-state index contributed by atoms with van der Waals surface area (Å²) >= 11 is 0. The molecule has 2 amide bonds. The summed E-state index contributed by atoms with van der Waals surface area (Å²) in [5.41, 5.74) is 8.29. The fourth-order valence-electron chi connectivity index (χ4n) is 2.88. The predicted molar refractivity (Wildman–Crippen MR) is 83.9 cm³/mol. The number of pyridine rings is 1. The Morgan fingerprint density at radius 2 is 2.05 bits per heavy atom. The first-order valence-electron chi connectivity index (χ1n) is 6.87. The van der Waals surface area contributed by atoms with Gasteiger partial charge in [0.05, 0.1) is 5.69 Å². The number of nitrogens with two attached hydrogens (primary N) is 1. The molecule has 0 saturated carbocycles. The number of anilines is 3. The standard InChI is InChI=1S/C16H18N4O/c1-16(2)10-20(13-8-4-3-6-11(13)16)14-12(19-15(17)21)7-5-9-18-14/h3-9H,10H2,1-2H3,(H3,17,19,21). The van der Waals surface area contributed by atoms with E-state index in [1.165, 1.54) is 5.56 Å². The van der Waals surface area contributed by atoms with Gasteiger partial charge in [-0.15, -0.1) is 0 Å². The van der Waals surface area contributed by atoms with Gasteiger partial charge in [-0.05, 0) is 23.8 Å². The number of hydrogen-bond donors (Lipinski definition) is 2. The second-order valence-corrected chi connectivity index (χ2v) is 5.85. The highest BCUT2D eigenvalue weighted by atomic mass is 16.2. The Kier molecular flexibility index (Phi) is 3.05. The number of carbonyl (C=O) groups excluding carboxylic acids is 1. The van der Waals surface area contributed by atoms with Crippen LogP contribution in [-0.4, -0.2) is 17.6 Å². The van der Waals surface area contributed by atoms with E-state index in [9.17, 15) is 4.79 Å². The number of primary amides is 1. The van der Waals surface area contributed by atoms with Crippen molar-refractivity contribution in [1.82, 2.24) is 4.98 Å². The Bertz CT molecular complexity index is 696. The van der Waals surface area contributed by atoms with Gasteiger partial charge < -0.3 is 16.0 Å². The Hall–Kier alpha value is -2.56. The molecule has 5 heteroatoms. The van der Waals surface area contributed by atoms with E-state index in [4.69, 9.17) is 5.73 Å². The van der Waals surface area contributed by atoms with E-state index in [-0.39, 0.29) is 5.41 Å². The molecule has 0 aliphatic carbocycles. The number of carbonyl (C=O) groups is 1. The van der Waals surface area contributed by atoms with Gasteiger partial charge in [-0.25, -0.2) is 9.78 Å². The van der Waals surface area contributed by atoms with Gasteiger partial charge in [0.1, 0.15) is 0 Å². The molecule has 108 valence electrons. The number of para-hydroxylation sites is 1. The molecule has 3 N–H and O–H groups in total. The van der Waals surface area contributed by atoms with Crippen molar-refractivity contribution in [3.63, 3.8) is 0 Å². The van der Waals surface area contributed by atoms with Crippen LogP contribution in [0.4, 0.5) is 22.0 Å². The molecule has 0 saturated heterocycles. The summed E-state index contributed by atoms with van der Waals surface area (Å²) in [6.07, 6.45) is 1.72. The summed E-state index contributed by atoms with van der Waals surface area (Å²) in [7, 11) is 0. The SMILES string of the molecule is CC1(C)CN(c2ncccc2NC(N)=O)c2ccccc21. The molecule has 1 aromatic heterocycles. The first-order chi connectivity index (χ1) is 9.99. The second kappa shape index (κ2) is 4.77. The zero-order valence-corrected chi connectivity index (χ0v) is 12.1. The molecule has 0 fully saturated rings. The molecule has 1 aliphatic heterocycles. The van der Waals surface area contributed by atoms with Gasteiger partial charge in [0.25, 0.3) is 0 Å². The first kappa shape index (κ1) is 13.4. The van der Waals surface area contributed by atoms with Crippen molar-refractivity contribution in [2.45, 2.75) is 19.3 Å². The van der Waals surface area contributed by atoms with Crippen LogP contribution in [0.25, 0.3) is 0 Å². The van der Waals surface area contributed by atoms with E-state index in [0.717, 1.165) is 12.2 Å². The van der Waals surface area contributed by atoms with Crippen molar-refractivity contribution < 1.29 is 4.79 Å². The molecule has 3 rings (SSSR count). The fraction of sp³-hybridized carbons (Fsp3) is 0.250. The number of benzene rings is 1. The van der Waals surface area contributed by atoms with Gasteiger partial charge in [0, 0.05) is 23.8 Å². The predicted octanol–water partition coefficient (Wildman–Crippen LogP) is 3.00. The molecule has 2 aromatic rings. The van der Waals surface area contributed by atoms with E-state index in [0.29, 0.717) is 11.5 Å².